The van der Waals surface area contributed by atoms with Crippen molar-refractivity contribution in [1.29, 1.82) is 0 Å². The molecule has 0 fully saturated rings. The Labute approximate surface area is 194 Å². The number of aryl methyl sites for hydroxylation is 1. The molecular formula is C23H11Cl2F3N2O3. The second-order valence-corrected chi connectivity index (χ2v) is 8.25. The molecule has 10 heteroatoms. The minimum atomic E-state index is -4.43. The molecule has 0 saturated carbocycles. The Morgan fingerprint density at radius 3 is 2.06 bits per heavy atom. The fourth-order valence-corrected chi connectivity index (χ4v) is 4.05. The highest BCUT2D eigenvalue weighted by atomic mass is 35.5. The maximum atomic E-state index is 12.8. The molecule has 1 aliphatic carbocycles. The van der Waals surface area contributed by atoms with Crippen molar-refractivity contribution < 1.29 is 27.2 Å². The summed E-state index contributed by atoms with van der Waals surface area (Å²) in [7, 11) is 1.68. The van der Waals surface area contributed by atoms with E-state index in [2.05, 4.69) is 4.98 Å². The van der Waals surface area contributed by atoms with Crippen LogP contribution in [-0.4, -0.2) is 21.1 Å². The number of hydrogen-bond acceptors (Lipinski definition) is 4. The molecule has 1 aliphatic rings. The maximum Gasteiger partial charge on any atom is 0.416 e. The number of carbonyl (C=O) groups is 2. The van der Waals surface area contributed by atoms with Crippen LogP contribution in [0, 0.1) is 0 Å². The van der Waals surface area contributed by atoms with Gasteiger partial charge in [-0.05, 0) is 30.3 Å². The lowest BCUT2D eigenvalue weighted by atomic mass is 10.1. The predicted molar refractivity (Wildman–Crippen MR) is 117 cm³/mol. The summed E-state index contributed by atoms with van der Waals surface area (Å²) in [6, 6.07) is 8.93. The van der Waals surface area contributed by atoms with E-state index in [-0.39, 0.29) is 38.2 Å². The standard InChI is InChI=1S/C23H11Cl2F3N2O3/c1-30-18-7-12(6-15-19(31)13-8-16(24)17(25)9-14(13)20(15)32)33-22(18)29-21(30)10-2-4-11(5-3-10)23(26,27)28/h2-9H,1H3. The van der Waals surface area contributed by atoms with Gasteiger partial charge in [0.2, 0.25) is 5.71 Å². The minimum Gasteiger partial charge on any atom is -0.437 e. The van der Waals surface area contributed by atoms with Crippen molar-refractivity contribution in [2.24, 2.45) is 7.05 Å². The Balaban J connectivity index is 1.50. The van der Waals surface area contributed by atoms with Crippen molar-refractivity contribution in [2.75, 3.05) is 0 Å². The van der Waals surface area contributed by atoms with Crippen LogP contribution >= 0.6 is 23.2 Å². The first-order chi connectivity index (χ1) is 15.5. The van der Waals surface area contributed by atoms with Crippen molar-refractivity contribution in [1.82, 2.24) is 9.55 Å². The van der Waals surface area contributed by atoms with Crippen LogP contribution in [0.3, 0.4) is 0 Å². The van der Waals surface area contributed by atoms with E-state index in [1.54, 1.807) is 17.7 Å². The first-order valence-corrected chi connectivity index (χ1v) is 10.2. The molecule has 2 heterocycles. The topological polar surface area (TPSA) is 65.1 Å². The summed E-state index contributed by atoms with van der Waals surface area (Å²) in [6.07, 6.45) is -3.10. The molecule has 0 bridgehead atoms. The third-order valence-electron chi connectivity index (χ3n) is 5.40. The number of Topliss-reactive ketones (excluding diaryl/α,β-unsaturated/α-hetero) is 2. The van der Waals surface area contributed by atoms with Crippen LogP contribution in [0.15, 0.2) is 52.5 Å². The van der Waals surface area contributed by atoms with Crippen LogP contribution in [0.5, 0.6) is 0 Å². The van der Waals surface area contributed by atoms with Crippen LogP contribution in [0.2, 0.25) is 10.0 Å². The van der Waals surface area contributed by atoms with E-state index in [9.17, 15) is 22.8 Å². The molecule has 5 rings (SSSR count). The van der Waals surface area contributed by atoms with Crippen LogP contribution in [0.25, 0.3) is 28.7 Å². The van der Waals surface area contributed by atoms with Crippen LogP contribution in [0.4, 0.5) is 13.2 Å². The highest BCUT2D eigenvalue weighted by Gasteiger charge is 2.34. The lowest BCUT2D eigenvalue weighted by Gasteiger charge is -2.07. The summed E-state index contributed by atoms with van der Waals surface area (Å²) in [4.78, 5) is 29.7. The van der Waals surface area contributed by atoms with Gasteiger partial charge < -0.3 is 8.98 Å². The molecule has 0 radical (unpaired) electrons. The third kappa shape index (κ3) is 3.46. The van der Waals surface area contributed by atoms with Gasteiger partial charge in [-0.1, -0.05) is 35.3 Å². The zero-order chi connectivity index (χ0) is 23.7. The molecule has 0 N–H and O–H groups in total. The van der Waals surface area contributed by atoms with Crippen LogP contribution in [-0.2, 0) is 13.2 Å². The smallest absolute Gasteiger partial charge is 0.416 e. The number of allylic oxidation sites excluding steroid dienone is 1. The van der Waals surface area contributed by atoms with Crippen molar-refractivity contribution in [3.63, 3.8) is 0 Å². The average molecular weight is 491 g/mol. The Bertz CT molecular complexity index is 1470. The van der Waals surface area contributed by atoms with Gasteiger partial charge in [-0.25, -0.2) is 0 Å². The van der Waals surface area contributed by atoms with Gasteiger partial charge in [-0.2, -0.15) is 18.2 Å². The van der Waals surface area contributed by atoms with Gasteiger partial charge in [0.05, 0.1) is 21.2 Å². The normalized spacial score (nSPS) is 13.8. The summed E-state index contributed by atoms with van der Waals surface area (Å²) in [5, 5.41) is 0.336. The van der Waals surface area contributed by atoms with Gasteiger partial charge in [0.15, 0.2) is 11.6 Å². The van der Waals surface area contributed by atoms with Crippen LogP contribution < -0.4 is 0 Å². The fourth-order valence-electron chi connectivity index (χ4n) is 3.72. The van der Waals surface area contributed by atoms with Crippen molar-refractivity contribution >= 4 is 52.1 Å². The number of fused-ring (bicyclic) bond motifs is 2. The fraction of sp³-hybridized carbons (Fsp3) is 0.0870. The van der Waals surface area contributed by atoms with E-state index >= 15 is 0 Å². The molecule has 0 unspecified atom stereocenters. The Hall–Kier alpha value is -3.36. The lowest BCUT2D eigenvalue weighted by molar-refractivity contribution is -0.137. The van der Waals surface area contributed by atoms with Gasteiger partial charge in [0.1, 0.15) is 17.1 Å². The van der Waals surface area contributed by atoms with Gasteiger partial charge in [-0.3, -0.25) is 9.59 Å². The number of ketones is 2. The minimum absolute atomic E-state index is 0.0923. The second-order valence-electron chi connectivity index (χ2n) is 7.44. The molecule has 4 aromatic rings. The zero-order valence-corrected chi connectivity index (χ0v) is 18.1. The first kappa shape index (κ1) is 21.5. The number of halogens is 5. The van der Waals surface area contributed by atoms with E-state index in [1.165, 1.54) is 30.3 Å². The number of carbonyl (C=O) groups excluding carboxylic acids is 2. The third-order valence-corrected chi connectivity index (χ3v) is 6.12. The molecule has 0 saturated heterocycles. The largest absolute Gasteiger partial charge is 0.437 e. The van der Waals surface area contributed by atoms with Gasteiger partial charge >= 0.3 is 6.18 Å². The first-order valence-electron chi connectivity index (χ1n) is 9.48. The van der Waals surface area contributed by atoms with E-state index in [1.807, 2.05) is 0 Å². The molecule has 0 amide bonds. The Morgan fingerprint density at radius 2 is 1.55 bits per heavy atom. The highest BCUT2D eigenvalue weighted by molar-refractivity contribution is 6.46. The molecule has 2 aromatic heterocycles. The second kappa shape index (κ2) is 7.33. The molecule has 5 nitrogen and oxygen atoms in total. The summed E-state index contributed by atoms with van der Waals surface area (Å²) >= 11 is 11.9. The Kier molecular flexibility index (Phi) is 4.77. The summed E-state index contributed by atoms with van der Waals surface area (Å²) < 4.78 is 45.8. The number of benzene rings is 2. The Morgan fingerprint density at radius 1 is 0.970 bits per heavy atom. The number of imidazole rings is 1. The molecule has 33 heavy (non-hydrogen) atoms. The number of furan rings is 1. The SMILES string of the molecule is Cn1c(-c2ccc(C(F)(F)F)cc2)nc2oc(C=C3C(=O)c4cc(Cl)c(Cl)cc4C3=O)cc21. The van der Waals surface area contributed by atoms with E-state index < -0.39 is 23.3 Å². The van der Waals surface area contributed by atoms with E-state index in [0.29, 0.717) is 16.9 Å². The number of alkyl halides is 3. The highest BCUT2D eigenvalue weighted by Crippen LogP contribution is 2.35. The van der Waals surface area contributed by atoms with E-state index in [0.717, 1.165) is 12.1 Å². The molecule has 0 atom stereocenters. The number of aromatic nitrogens is 2. The predicted octanol–water partition coefficient (Wildman–Crippen LogP) is 6.62. The average Bonchev–Trinajstić information content (AvgIpc) is 3.36. The number of rotatable bonds is 2. The molecule has 0 spiro atoms. The van der Waals surface area contributed by atoms with Gasteiger partial charge in [0, 0.05) is 29.8 Å². The molecule has 166 valence electrons. The van der Waals surface area contributed by atoms with Crippen molar-refractivity contribution in [3.8, 4) is 11.4 Å². The molecule has 2 aromatic carbocycles. The van der Waals surface area contributed by atoms with Gasteiger partial charge in [-0.15, -0.1) is 0 Å². The molecule has 0 aliphatic heterocycles. The summed E-state index contributed by atoms with van der Waals surface area (Å²) in [5.74, 6) is -0.356. The van der Waals surface area contributed by atoms with Gasteiger partial charge in [0.25, 0.3) is 0 Å². The van der Waals surface area contributed by atoms with Crippen LogP contribution in [0.1, 0.15) is 32.0 Å². The molecular weight excluding hydrogens is 480 g/mol. The summed E-state index contributed by atoms with van der Waals surface area (Å²) in [5.41, 5.74) is 0.706. The zero-order valence-electron chi connectivity index (χ0n) is 16.6. The summed E-state index contributed by atoms with van der Waals surface area (Å²) in [6.45, 7) is 0. The van der Waals surface area contributed by atoms with Crippen molar-refractivity contribution in [3.05, 3.63) is 80.5 Å². The van der Waals surface area contributed by atoms with E-state index in [4.69, 9.17) is 27.6 Å². The van der Waals surface area contributed by atoms with Crippen molar-refractivity contribution in [2.45, 2.75) is 6.18 Å². The quantitative estimate of drug-likeness (QED) is 0.234. The monoisotopic (exact) mass is 490 g/mol. The number of nitrogens with zero attached hydrogens (tertiary/aromatic N) is 2. The lowest BCUT2D eigenvalue weighted by Crippen LogP contribution is -2.04. The number of hydrogen-bond donors (Lipinski definition) is 0. The maximum absolute atomic E-state index is 12.8.